The van der Waals surface area contributed by atoms with Gasteiger partial charge in [0.25, 0.3) is 5.91 Å². The monoisotopic (exact) mass is 343 g/mol. The van der Waals surface area contributed by atoms with E-state index in [-0.39, 0.29) is 17.7 Å². The highest BCUT2D eigenvalue weighted by atomic mass is 79.9. The number of nitrogens with one attached hydrogen (secondary N) is 1. The van der Waals surface area contributed by atoms with Crippen LogP contribution >= 0.6 is 15.9 Å². The lowest BCUT2D eigenvalue weighted by Crippen LogP contribution is -2.47. The number of carbonyl (C=O) groups excluding carboxylic acids is 1. The summed E-state index contributed by atoms with van der Waals surface area (Å²) in [4.78, 5) is 12.2. The van der Waals surface area contributed by atoms with Crippen molar-refractivity contribution in [3.8, 4) is 5.75 Å². The predicted octanol–water partition coefficient (Wildman–Crippen LogP) is 1.96. The number of amides is 1. The van der Waals surface area contributed by atoms with Gasteiger partial charge in [0.1, 0.15) is 5.75 Å². The van der Waals surface area contributed by atoms with Crippen molar-refractivity contribution in [2.75, 3.05) is 7.11 Å². The van der Waals surface area contributed by atoms with E-state index < -0.39 is 6.04 Å². The number of oxime groups is 1. The third-order valence-corrected chi connectivity index (χ3v) is 3.42. The normalized spacial score (nSPS) is 13.2. The summed E-state index contributed by atoms with van der Waals surface area (Å²) in [7, 11) is 1.55. The van der Waals surface area contributed by atoms with E-state index in [2.05, 4.69) is 26.4 Å². The van der Waals surface area contributed by atoms with E-state index in [0.717, 1.165) is 0 Å². The van der Waals surface area contributed by atoms with Crippen molar-refractivity contribution in [3.05, 3.63) is 28.2 Å². The average molecular weight is 344 g/mol. The van der Waals surface area contributed by atoms with E-state index in [9.17, 15) is 4.79 Å². The van der Waals surface area contributed by atoms with E-state index in [1.807, 2.05) is 13.8 Å². The molecule has 0 aliphatic heterocycles. The molecule has 0 saturated carbocycles. The number of nitrogens with zero attached hydrogens (tertiary/aromatic N) is 1. The molecular formula is C13H18BrN3O3. The zero-order valence-corrected chi connectivity index (χ0v) is 13.1. The van der Waals surface area contributed by atoms with Gasteiger partial charge in [-0.2, -0.15) is 0 Å². The molecule has 0 saturated heterocycles. The lowest BCUT2D eigenvalue weighted by Gasteiger charge is -2.21. The molecule has 7 heteroatoms. The fourth-order valence-corrected chi connectivity index (χ4v) is 2.22. The van der Waals surface area contributed by atoms with E-state index in [4.69, 9.17) is 15.7 Å². The Morgan fingerprint density at radius 1 is 1.50 bits per heavy atom. The second-order valence-electron chi connectivity index (χ2n) is 4.57. The van der Waals surface area contributed by atoms with Gasteiger partial charge >= 0.3 is 0 Å². The van der Waals surface area contributed by atoms with Gasteiger partial charge in [-0.25, -0.2) is 0 Å². The van der Waals surface area contributed by atoms with Crippen LogP contribution in [0.3, 0.4) is 0 Å². The Bertz CT molecular complexity index is 518. The molecule has 1 aromatic rings. The number of rotatable bonds is 5. The number of carbonyl (C=O) groups is 1. The van der Waals surface area contributed by atoms with Gasteiger partial charge in [0, 0.05) is 5.56 Å². The number of halogens is 1. The predicted molar refractivity (Wildman–Crippen MR) is 80.2 cm³/mol. The molecule has 0 aliphatic rings. The van der Waals surface area contributed by atoms with Crippen LogP contribution in [0, 0.1) is 5.92 Å². The summed E-state index contributed by atoms with van der Waals surface area (Å²) >= 11 is 3.32. The average Bonchev–Trinajstić information content (AvgIpc) is 2.43. The van der Waals surface area contributed by atoms with Crippen LogP contribution in [0.1, 0.15) is 24.2 Å². The highest BCUT2D eigenvalue weighted by Gasteiger charge is 2.21. The zero-order chi connectivity index (χ0) is 15.3. The number of nitrogens with two attached hydrogens (primary N) is 1. The summed E-state index contributed by atoms with van der Waals surface area (Å²) in [5, 5.41) is 14.4. The third kappa shape index (κ3) is 3.86. The van der Waals surface area contributed by atoms with E-state index >= 15 is 0 Å². The van der Waals surface area contributed by atoms with E-state index in [1.165, 1.54) is 0 Å². The van der Waals surface area contributed by atoms with Crippen LogP contribution in [-0.2, 0) is 0 Å². The summed E-state index contributed by atoms with van der Waals surface area (Å²) in [5.41, 5.74) is 6.03. The minimum atomic E-state index is -0.534. The number of amidine groups is 1. The summed E-state index contributed by atoms with van der Waals surface area (Å²) in [6.45, 7) is 3.74. The Kier molecular flexibility index (Phi) is 5.82. The van der Waals surface area contributed by atoms with Crippen molar-refractivity contribution in [3.63, 3.8) is 0 Å². The molecule has 1 rings (SSSR count). The van der Waals surface area contributed by atoms with Crippen molar-refractivity contribution >= 4 is 27.7 Å². The Balaban J connectivity index is 2.92. The summed E-state index contributed by atoms with van der Waals surface area (Å²) < 4.78 is 5.78. The molecule has 1 amide bonds. The molecule has 0 heterocycles. The van der Waals surface area contributed by atoms with Crippen molar-refractivity contribution in [1.29, 1.82) is 0 Å². The Labute approximate surface area is 126 Å². The molecule has 110 valence electrons. The maximum atomic E-state index is 12.2. The van der Waals surface area contributed by atoms with E-state index in [0.29, 0.717) is 15.8 Å². The second kappa shape index (κ2) is 7.14. The van der Waals surface area contributed by atoms with Gasteiger partial charge in [0.2, 0.25) is 0 Å². The third-order valence-electron chi connectivity index (χ3n) is 2.80. The van der Waals surface area contributed by atoms with Gasteiger partial charge in [-0.3, -0.25) is 4.79 Å². The maximum Gasteiger partial charge on any atom is 0.251 e. The highest BCUT2D eigenvalue weighted by molar-refractivity contribution is 9.10. The SMILES string of the molecule is COc1ccc(C(=O)NC(C(N)=NO)C(C)C)cc1Br. The largest absolute Gasteiger partial charge is 0.496 e. The van der Waals surface area contributed by atoms with Gasteiger partial charge in [-0.15, -0.1) is 0 Å². The molecule has 20 heavy (non-hydrogen) atoms. The van der Waals surface area contributed by atoms with E-state index in [1.54, 1.807) is 25.3 Å². The molecule has 1 unspecified atom stereocenters. The fraction of sp³-hybridized carbons (Fsp3) is 0.385. The number of ether oxygens (including phenoxy) is 1. The first-order chi connectivity index (χ1) is 9.40. The topological polar surface area (TPSA) is 96.9 Å². The number of hydrogen-bond donors (Lipinski definition) is 3. The van der Waals surface area contributed by atoms with Gasteiger partial charge in [0.05, 0.1) is 17.6 Å². The molecule has 0 radical (unpaired) electrons. The molecule has 0 aliphatic carbocycles. The summed E-state index contributed by atoms with van der Waals surface area (Å²) in [5.74, 6) is 0.300. The number of methoxy groups -OCH3 is 1. The molecule has 1 aromatic carbocycles. The van der Waals surface area contributed by atoms with Crippen LogP contribution in [-0.4, -0.2) is 30.1 Å². The Morgan fingerprint density at radius 2 is 2.15 bits per heavy atom. The van der Waals surface area contributed by atoms with Crippen LogP contribution in [0.2, 0.25) is 0 Å². The first-order valence-corrected chi connectivity index (χ1v) is 6.81. The van der Waals surface area contributed by atoms with Gasteiger partial charge < -0.3 is 21.0 Å². The zero-order valence-electron chi connectivity index (χ0n) is 11.6. The highest BCUT2D eigenvalue weighted by Crippen LogP contribution is 2.25. The first-order valence-electron chi connectivity index (χ1n) is 6.02. The van der Waals surface area contributed by atoms with Crippen LogP contribution in [0.5, 0.6) is 5.75 Å². The molecule has 4 N–H and O–H groups in total. The Hall–Kier alpha value is -1.76. The molecule has 0 fully saturated rings. The van der Waals surface area contributed by atoms with Crippen LogP contribution in [0.25, 0.3) is 0 Å². The quantitative estimate of drug-likeness (QED) is 0.329. The summed E-state index contributed by atoms with van der Waals surface area (Å²) in [6.07, 6.45) is 0. The Morgan fingerprint density at radius 3 is 2.60 bits per heavy atom. The van der Waals surface area contributed by atoms with Crippen molar-refractivity contribution in [2.45, 2.75) is 19.9 Å². The smallest absolute Gasteiger partial charge is 0.251 e. The minimum Gasteiger partial charge on any atom is -0.496 e. The van der Waals surface area contributed by atoms with Crippen LogP contribution in [0.4, 0.5) is 0 Å². The number of benzene rings is 1. The number of hydrogen-bond acceptors (Lipinski definition) is 4. The standard InChI is InChI=1S/C13H18BrN3O3/c1-7(2)11(12(15)17-19)16-13(18)8-4-5-10(20-3)9(14)6-8/h4-7,11,19H,1-3H3,(H2,15,17)(H,16,18). The molecule has 6 nitrogen and oxygen atoms in total. The molecule has 0 aromatic heterocycles. The second-order valence-corrected chi connectivity index (χ2v) is 5.42. The molecule has 1 atom stereocenters. The molecule has 0 spiro atoms. The molecular weight excluding hydrogens is 326 g/mol. The van der Waals surface area contributed by atoms with Gasteiger partial charge in [-0.1, -0.05) is 19.0 Å². The van der Waals surface area contributed by atoms with Gasteiger partial charge in [-0.05, 0) is 40.0 Å². The van der Waals surface area contributed by atoms with Crippen LogP contribution < -0.4 is 15.8 Å². The summed E-state index contributed by atoms with van der Waals surface area (Å²) in [6, 6.07) is 4.45. The van der Waals surface area contributed by atoms with Crippen molar-refractivity contribution < 1.29 is 14.7 Å². The lowest BCUT2D eigenvalue weighted by molar-refractivity contribution is 0.0938. The maximum absolute atomic E-state index is 12.2. The van der Waals surface area contributed by atoms with Crippen molar-refractivity contribution in [2.24, 2.45) is 16.8 Å². The first kappa shape index (κ1) is 16.3. The minimum absolute atomic E-state index is 0.00320. The van der Waals surface area contributed by atoms with Gasteiger partial charge in [0.15, 0.2) is 5.84 Å². The van der Waals surface area contributed by atoms with Crippen molar-refractivity contribution in [1.82, 2.24) is 5.32 Å². The molecule has 0 bridgehead atoms. The fourth-order valence-electron chi connectivity index (χ4n) is 1.68. The van der Waals surface area contributed by atoms with Crippen LogP contribution in [0.15, 0.2) is 27.8 Å². The lowest BCUT2D eigenvalue weighted by atomic mass is 10.0.